The third-order valence-corrected chi connectivity index (χ3v) is 3.04. The summed E-state index contributed by atoms with van der Waals surface area (Å²) in [5, 5.41) is 2.80. The van der Waals surface area contributed by atoms with Crippen molar-refractivity contribution >= 4 is 10.8 Å². The van der Waals surface area contributed by atoms with Crippen LogP contribution in [0.15, 0.2) is 30.3 Å². The Morgan fingerprint density at radius 2 is 1.71 bits per heavy atom. The Labute approximate surface area is 85.6 Å². The molecule has 2 rings (SSSR count). The number of hydrogen-bond donors (Lipinski definition) is 0. The molecule has 0 fully saturated rings. The average molecular weight is 184 g/mol. The van der Waals surface area contributed by atoms with Gasteiger partial charge in [-0.15, -0.1) is 0 Å². The van der Waals surface area contributed by atoms with E-state index in [1.807, 2.05) is 0 Å². The summed E-state index contributed by atoms with van der Waals surface area (Å²) in [5.41, 5.74) is 4.27. The van der Waals surface area contributed by atoms with Crippen LogP contribution in [0, 0.1) is 13.8 Å². The van der Waals surface area contributed by atoms with Crippen LogP contribution in [-0.4, -0.2) is 0 Å². The smallest absolute Gasteiger partial charge is 0.0149 e. The highest BCUT2D eigenvalue weighted by Gasteiger charge is 2.02. The van der Waals surface area contributed by atoms with E-state index in [1.165, 1.54) is 27.5 Å². The third-order valence-electron chi connectivity index (χ3n) is 3.04. The molecule has 2 aromatic rings. The van der Waals surface area contributed by atoms with Gasteiger partial charge in [0.05, 0.1) is 0 Å². The Balaban J connectivity index is 2.84. The summed E-state index contributed by atoms with van der Waals surface area (Å²) in [6.07, 6.45) is 1.12. The minimum Gasteiger partial charge on any atom is -0.0614 e. The molecule has 0 N–H and O–H groups in total. The zero-order valence-corrected chi connectivity index (χ0v) is 9.09. The van der Waals surface area contributed by atoms with Crippen LogP contribution in [0.25, 0.3) is 10.8 Å². The van der Waals surface area contributed by atoms with Gasteiger partial charge in [-0.05, 0) is 47.7 Å². The molecule has 0 aliphatic heterocycles. The van der Waals surface area contributed by atoms with Gasteiger partial charge in [0.25, 0.3) is 0 Å². The summed E-state index contributed by atoms with van der Waals surface area (Å²) in [4.78, 5) is 0. The number of benzene rings is 2. The predicted octanol–water partition coefficient (Wildman–Crippen LogP) is 4.02. The van der Waals surface area contributed by atoms with E-state index in [0.29, 0.717) is 0 Å². The van der Waals surface area contributed by atoms with Gasteiger partial charge in [-0.1, -0.05) is 37.3 Å². The minimum atomic E-state index is 1.12. The lowest BCUT2D eigenvalue weighted by Gasteiger charge is -2.09. The molecule has 0 nitrogen and oxygen atoms in total. The quantitative estimate of drug-likeness (QED) is 0.628. The molecule has 14 heavy (non-hydrogen) atoms. The molecule has 0 aliphatic carbocycles. The molecule has 2 aromatic carbocycles. The highest BCUT2D eigenvalue weighted by molar-refractivity contribution is 5.89. The second-order valence-electron chi connectivity index (χ2n) is 3.87. The summed E-state index contributed by atoms with van der Waals surface area (Å²) < 4.78 is 0. The highest BCUT2D eigenvalue weighted by atomic mass is 14.1. The van der Waals surface area contributed by atoms with Gasteiger partial charge in [0, 0.05) is 0 Å². The first-order valence-corrected chi connectivity index (χ1v) is 5.22. The minimum absolute atomic E-state index is 1.12. The number of rotatable bonds is 1. The summed E-state index contributed by atoms with van der Waals surface area (Å²) in [5.74, 6) is 0. The van der Waals surface area contributed by atoms with E-state index in [-0.39, 0.29) is 0 Å². The largest absolute Gasteiger partial charge is 0.0614 e. The fourth-order valence-electron chi connectivity index (χ4n) is 2.09. The lowest BCUT2D eigenvalue weighted by molar-refractivity contribution is 1.12. The van der Waals surface area contributed by atoms with E-state index in [4.69, 9.17) is 0 Å². The second kappa shape index (κ2) is 3.45. The fourth-order valence-corrected chi connectivity index (χ4v) is 2.09. The van der Waals surface area contributed by atoms with Crippen molar-refractivity contribution in [2.45, 2.75) is 27.2 Å². The van der Waals surface area contributed by atoms with E-state index in [1.54, 1.807) is 0 Å². The van der Waals surface area contributed by atoms with Gasteiger partial charge in [0.2, 0.25) is 0 Å². The monoisotopic (exact) mass is 184 g/mol. The molecule has 0 spiro atoms. The first kappa shape index (κ1) is 9.26. The molecule has 0 atom stereocenters. The molecule has 0 amide bonds. The van der Waals surface area contributed by atoms with Crippen molar-refractivity contribution in [2.75, 3.05) is 0 Å². The van der Waals surface area contributed by atoms with Crippen LogP contribution in [0.5, 0.6) is 0 Å². The van der Waals surface area contributed by atoms with Crippen molar-refractivity contribution in [1.82, 2.24) is 0 Å². The topological polar surface area (TPSA) is 0 Å². The van der Waals surface area contributed by atoms with E-state index in [9.17, 15) is 0 Å². The summed E-state index contributed by atoms with van der Waals surface area (Å²) in [6, 6.07) is 11.0. The SMILES string of the molecule is CCc1ccc2c(C)cccc2c1C. The van der Waals surface area contributed by atoms with Crippen molar-refractivity contribution in [3.05, 3.63) is 47.0 Å². The Morgan fingerprint density at radius 3 is 2.43 bits per heavy atom. The lowest BCUT2D eigenvalue weighted by Crippen LogP contribution is -1.89. The number of aryl methyl sites for hydroxylation is 3. The molecule has 0 saturated heterocycles. The molecule has 0 aliphatic rings. The molecule has 0 unspecified atom stereocenters. The molecular weight excluding hydrogens is 168 g/mol. The molecule has 0 heteroatoms. The maximum Gasteiger partial charge on any atom is -0.0149 e. The van der Waals surface area contributed by atoms with Gasteiger partial charge in [-0.25, -0.2) is 0 Å². The Morgan fingerprint density at radius 1 is 0.929 bits per heavy atom. The van der Waals surface area contributed by atoms with Crippen LogP contribution in [0.4, 0.5) is 0 Å². The van der Waals surface area contributed by atoms with Crippen LogP contribution >= 0.6 is 0 Å². The van der Waals surface area contributed by atoms with Crippen molar-refractivity contribution < 1.29 is 0 Å². The van der Waals surface area contributed by atoms with Crippen LogP contribution in [0.3, 0.4) is 0 Å². The van der Waals surface area contributed by atoms with Crippen molar-refractivity contribution in [3.63, 3.8) is 0 Å². The van der Waals surface area contributed by atoms with E-state index in [2.05, 4.69) is 51.1 Å². The molecule has 0 radical (unpaired) electrons. The van der Waals surface area contributed by atoms with Gasteiger partial charge in [-0.3, -0.25) is 0 Å². The van der Waals surface area contributed by atoms with Crippen LogP contribution in [0.2, 0.25) is 0 Å². The van der Waals surface area contributed by atoms with Crippen LogP contribution < -0.4 is 0 Å². The first-order valence-electron chi connectivity index (χ1n) is 5.22. The molecule has 0 bridgehead atoms. The second-order valence-corrected chi connectivity index (χ2v) is 3.87. The van der Waals surface area contributed by atoms with Crippen molar-refractivity contribution in [1.29, 1.82) is 0 Å². The normalized spacial score (nSPS) is 10.8. The van der Waals surface area contributed by atoms with Crippen molar-refractivity contribution in [3.8, 4) is 0 Å². The van der Waals surface area contributed by atoms with Gasteiger partial charge in [0.15, 0.2) is 0 Å². The number of hydrogen-bond acceptors (Lipinski definition) is 0. The lowest BCUT2D eigenvalue weighted by atomic mass is 9.96. The van der Waals surface area contributed by atoms with Gasteiger partial charge in [-0.2, -0.15) is 0 Å². The van der Waals surface area contributed by atoms with Crippen molar-refractivity contribution in [2.24, 2.45) is 0 Å². The van der Waals surface area contributed by atoms with E-state index in [0.717, 1.165) is 6.42 Å². The van der Waals surface area contributed by atoms with Crippen LogP contribution in [-0.2, 0) is 6.42 Å². The summed E-state index contributed by atoms with van der Waals surface area (Å²) in [6.45, 7) is 6.61. The Bertz CT molecular complexity index is 467. The highest BCUT2D eigenvalue weighted by Crippen LogP contribution is 2.24. The van der Waals surface area contributed by atoms with Crippen LogP contribution in [0.1, 0.15) is 23.6 Å². The standard InChI is InChI=1S/C14H16/c1-4-12-8-9-13-10(2)6-5-7-14(13)11(12)3/h5-9H,4H2,1-3H3. The van der Waals surface area contributed by atoms with Gasteiger partial charge < -0.3 is 0 Å². The fraction of sp³-hybridized carbons (Fsp3) is 0.286. The Kier molecular flexibility index (Phi) is 2.28. The van der Waals surface area contributed by atoms with E-state index < -0.39 is 0 Å². The maximum atomic E-state index is 2.25. The molecule has 72 valence electrons. The molecular formula is C14H16. The maximum absolute atomic E-state index is 2.25. The molecule has 0 aromatic heterocycles. The zero-order valence-electron chi connectivity index (χ0n) is 9.09. The van der Waals surface area contributed by atoms with Gasteiger partial charge >= 0.3 is 0 Å². The Hall–Kier alpha value is -1.30. The molecule has 0 saturated carbocycles. The molecule has 0 heterocycles. The van der Waals surface area contributed by atoms with Gasteiger partial charge in [0.1, 0.15) is 0 Å². The summed E-state index contributed by atoms with van der Waals surface area (Å²) >= 11 is 0. The summed E-state index contributed by atoms with van der Waals surface area (Å²) in [7, 11) is 0. The zero-order chi connectivity index (χ0) is 10.1. The average Bonchev–Trinajstić information content (AvgIpc) is 2.20. The van der Waals surface area contributed by atoms with E-state index >= 15 is 0 Å². The number of fused-ring (bicyclic) bond motifs is 1. The predicted molar refractivity (Wildman–Crippen MR) is 62.8 cm³/mol. The first-order chi connectivity index (χ1) is 6.74. The third kappa shape index (κ3) is 1.31.